The number of carbonyl (C=O) groups is 3. The van der Waals surface area contributed by atoms with Crippen LogP contribution in [0, 0.1) is 0 Å². The molecule has 0 aliphatic carbocycles. The molecule has 4 rings (SSSR count). The number of benzene rings is 3. The first kappa shape index (κ1) is 27.6. The second-order valence-electron chi connectivity index (χ2n) is 8.83. The van der Waals surface area contributed by atoms with Crippen LogP contribution in [0.4, 0.5) is 0 Å². The Bertz CT molecular complexity index is 1510. The van der Waals surface area contributed by atoms with Gasteiger partial charge in [-0.3, -0.25) is 4.79 Å². The maximum atomic E-state index is 12.8. The van der Waals surface area contributed by atoms with Crippen LogP contribution in [0.3, 0.4) is 0 Å². The van der Waals surface area contributed by atoms with Crippen LogP contribution < -0.4 is 4.74 Å². The lowest BCUT2D eigenvalue weighted by Crippen LogP contribution is -2.28. The van der Waals surface area contributed by atoms with E-state index in [0.717, 1.165) is 19.3 Å². The zero-order valence-corrected chi connectivity index (χ0v) is 20.8. The summed E-state index contributed by atoms with van der Waals surface area (Å²) >= 11 is 0. The van der Waals surface area contributed by atoms with Crippen molar-refractivity contribution in [3.8, 4) is 34.5 Å². The van der Waals surface area contributed by atoms with Crippen LogP contribution in [0.2, 0.25) is 0 Å². The van der Waals surface area contributed by atoms with Gasteiger partial charge in [0.25, 0.3) is 0 Å². The van der Waals surface area contributed by atoms with Gasteiger partial charge in [0.15, 0.2) is 34.5 Å². The maximum Gasteiger partial charge on any atom is 0.345 e. The van der Waals surface area contributed by atoms with Crippen molar-refractivity contribution in [3.05, 3.63) is 76.9 Å². The van der Waals surface area contributed by atoms with Gasteiger partial charge in [-0.1, -0.05) is 18.2 Å². The van der Waals surface area contributed by atoms with E-state index in [-0.39, 0.29) is 34.8 Å². The molecule has 1 aliphatic heterocycles. The molecule has 3 aromatic rings. The summed E-state index contributed by atoms with van der Waals surface area (Å²) in [4.78, 5) is 37.1. The molecule has 208 valence electrons. The van der Waals surface area contributed by atoms with Crippen molar-refractivity contribution in [2.45, 2.75) is 24.5 Å². The van der Waals surface area contributed by atoms with Gasteiger partial charge in [-0.25, -0.2) is 9.59 Å². The zero-order valence-electron chi connectivity index (χ0n) is 20.8. The van der Waals surface area contributed by atoms with Crippen LogP contribution in [-0.2, 0) is 30.3 Å². The van der Waals surface area contributed by atoms with Crippen LogP contribution in [0.15, 0.2) is 54.6 Å². The van der Waals surface area contributed by atoms with Gasteiger partial charge in [0.05, 0.1) is 7.11 Å². The normalized spacial score (nSPS) is 16.6. The number of carbonyl (C=O) groups excluding carboxylic acids is 2. The smallest absolute Gasteiger partial charge is 0.345 e. The van der Waals surface area contributed by atoms with Crippen molar-refractivity contribution in [2.24, 2.45) is 0 Å². The zero-order chi connectivity index (χ0) is 29.1. The third kappa shape index (κ3) is 5.55. The Morgan fingerprint density at radius 1 is 0.900 bits per heavy atom. The summed E-state index contributed by atoms with van der Waals surface area (Å²) in [5.74, 6) is -6.46. The number of phenolic OH excluding ortho intramolecular Hbond substituents is 5. The lowest BCUT2D eigenvalue weighted by Gasteiger charge is -2.18. The first-order chi connectivity index (χ1) is 19.0. The summed E-state index contributed by atoms with van der Waals surface area (Å²) in [5, 5.41) is 58.6. The summed E-state index contributed by atoms with van der Waals surface area (Å²) in [7, 11) is 1.15. The molecule has 0 saturated carbocycles. The van der Waals surface area contributed by atoms with E-state index >= 15 is 0 Å². The number of rotatable bonds is 8. The van der Waals surface area contributed by atoms with Crippen molar-refractivity contribution in [3.63, 3.8) is 0 Å². The fourth-order valence-electron chi connectivity index (χ4n) is 4.31. The quantitative estimate of drug-likeness (QED) is 0.136. The minimum absolute atomic E-state index is 0.0703. The number of esters is 2. The second kappa shape index (κ2) is 11.2. The van der Waals surface area contributed by atoms with E-state index in [9.17, 15) is 45.0 Å². The van der Waals surface area contributed by atoms with Crippen molar-refractivity contribution in [1.82, 2.24) is 0 Å². The molecule has 0 saturated heterocycles. The summed E-state index contributed by atoms with van der Waals surface area (Å²) in [6.45, 7) is 0. The van der Waals surface area contributed by atoms with Crippen molar-refractivity contribution in [2.75, 3.05) is 7.11 Å². The summed E-state index contributed by atoms with van der Waals surface area (Å²) in [6, 6.07) is 10.2. The van der Waals surface area contributed by atoms with Crippen molar-refractivity contribution < 1.29 is 59.2 Å². The minimum Gasteiger partial charge on any atom is -0.504 e. The number of fused-ring (bicyclic) bond motifs is 1. The predicted octanol–water partition coefficient (Wildman–Crippen LogP) is 2.86. The Morgan fingerprint density at radius 3 is 2.17 bits per heavy atom. The van der Waals surface area contributed by atoms with Gasteiger partial charge in [-0.15, -0.1) is 0 Å². The SMILES string of the molecule is COC(=O)[C@@H]1c2c(C=CC(=O)O[C@H](Cc3ccc(O)c(O)c3)C(=O)O)ccc(O)c2O[C@H]1c1ccc(O)c(O)c1. The number of carboxylic acid groups (broad SMARTS) is 1. The lowest BCUT2D eigenvalue weighted by molar-refractivity contribution is -0.160. The number of ether oxygens (including phenoxy) is 3. The molecule has 0 spiro atoms. The molecule has 3 atom stereocenters. The monoisotopic (exact) mass is 552 g/mol. The van der Waals surface area contributed by atoms with Gasteiger partial charge >= 0.3 is 17.9 Å². The highest BCUT2D eigenvalue weighted by Gasteiger charge is 2.44. The maximum absolute atomic E-state index is 12.8. The standard InChI is InChI=1S/C28H24O12/c1-38-28(37)24-23-14(3-8-18(31)26(23)40-25(24)15-4-7-17(30)20(33)12-15)5-9-22(34)39-21(27(35)36)11-13-2-6-16(29)19(32)10-13/h2-10,12,21,24-25,29-33H,11H2,1H3,(H,35,36)/t21-,24-,25+/m1/s1. The van der Waals surface area contributed by atoms with Gasteiger partial charge in [-0.05, 0) is 53.1 Å². The van der Waals surface area contributed by atoms with Crippen molar-refractivity contribution >= 4 is 24.0 Å². The first-order valence-electron chi connectivity index (χ1n) is 11.7. The Balaban J connectivity index is 1.61. The fraction of sp³-hybridized carbons (Fsp3) is 0.179. The Kier molecular flexibility index (Phi) is 7.71. The number of aliphatic carboxylic acids is 1. The Labute approximate surface area is 226 Å². The summed E-state index contributed by atoms with van der Waals surface area (Å²) < 4.78 is 15.9. The molecule has 0 radical (unpaired) electrons. The number of hydrogen-bond acceptors (Lipinski definition) is 11. The van der Waals surface area contributed by atoms with E-state index in [1.165, 1.54) is 48.5 Å². The Hall–Kier alpha value is -5.39. The van der Waals surface area contributed by atoms with Gasteiger partial charge in [-0.2, -0.15) is 0 Å². The second-order valence-corrected chi connectivity index (χ2v) is 8.83. The average molecular weight is 552 g/mol. The molecule has 40 heavy (non-hydrogen) atoms. The summed E-state index contributed by atoms with van der Waals surface area (Å²) in [6.07, 6.45) is -0.798. The largest absolute Gasteiger partial charge is 0.504 e. The number of aromatic hydroxyl groups is 5. The molecule has 6 N–H and O–H groups in total. The van der Waals surface area contributed by atoms with Crippen LogP contribution >= 0.6 is 0 Å². The van der Waals surface area contributed by atoms with E-state index < -0.39 is 53.3 Å². The topological polar surface area (TPSA) is 200 Å². The van der Waals surface area contributed by atoms with E-state index in [1.54, 1.807) is 0 Å². The molecule has 0 aromatic heterocycles. The minimum atomic E-state index is -1.62. The fourth-order valence-corrected chi connectivity index (χ4v) is 4.31. The lowest BCUT2D eigenvalue weighted by atomic mass is 9.87. The van der Waals surface area contributed by atoms with Crippen LogP contribution in [0.1, 0.15) is 34.3 Å². The third-order valence-corrected chi connectivity index (χ3v) is 6.24. The average Bonchev–Trinajstić information content (AvgIpc) is 3.33. The molecule has 0 amide bonds. The van der Waals surface area contributed by atoms with Crippen LogP contribution in [0.5, 0.6) is 34.5 Å². The van der Waals surface area contributed by atoms with E-state index in [2.05, 4.69) is 0 Å². The molecule has 0 unspecified atom stereocenters. The molecule has 3 aromatic carbocycles. The highest BCUT2D eigenvalue weighted by Crippen LogP contribution is 2.52. The highest BCUT2D eigenvalue weighted by molar-refractivity contribution is 5.91. The molecule has 1 heterocycles. The Morgan fingerprint density at radius 2 is 1.55 bits per heavy atom. The molecular formula is C28H24O12. The first-order valence-corrected chi connectivity index (χ1v) is 11.7. The summed E-state index contributed by atoms with van der Waals surface area (Å²) in [5.41, 5.74) is 1.00. The number of methoxy groups -OCH3 is 1. The predicted molar refractivity (Wildman–Crippen MR) is 136 cm³/mol. The highest BCUT2D eigenvalue weighted by atomic mass is 16.6. The molecule has 0 bridgehead atoms. The van der Waals surface area contributed by atoms with Crippen molar-refractivity contribution in [1.29, 1.82) is 0 Å². The molecule has 0 fully saturated rings. The number of hydrogen-bond donors (Lipinski definition) is 6. The van der Waals surface area contributed by atoms with Gasteiger partial charge in [0.2, 0.25) is 6.10 Å². The van der Waals surface area contributed by atoms with E-state index in [4.69, 9.17) is 14.2 Å². The third-order valence-electron chi connectivity index (χ3n) is 6.24. The van der Waals surface area contributed by atoms with Crippen LogP contribution in [0.25, 0.3) is 6.08 Å². The number of carboxylic acids is 1. The number of phenols is 5. The van der Waals surface area contributed by atoms with Gasteiger partial charge < -0.3 is 44.8 Å². The molecular weight excluding hydrogens is 528 g/mol. The van der Waals surface area contributed by atoms with Crippen LogP contribution in [-0.4, -0.2) is 61.8 Å². The van der Waals surface area contributed by atoms with E-state index in [0.29, 0.717) is 11.1 Å². The molecule has 1 aliphatic rings. The molecule has 12 heteroatoms. The van der Waals surface area contributed by atoms with Gasteiger partial charge in [0.1, 0.15) is 12.0 Å². The van der Waals surface area contributed by atoms with Gasteiger partial charge in [0, 0.05) is 18.1 Å². The molecule has 12 nitrogen and oxygen atoms in total. The van der Waals surface area contributed by atoms with E-state index in [1.807, 2.05) is 0 Å².